The number of fused-ring (bicyclic) bond motifs is 2. The molecule has 0 aromatic heterocycles. The van der Waals surface area contributed by atoms with Crippen LogP contribution >= 0.6 is 0 Å². The van der Waals surface area contributed by atoms with Gasteiger partial charge in [0, 0.05) is 6.42 Å². The third-order valence-corrected chi connectivity index (χ3v) is 4.82. The predicted octanol–water partition coefficient (Wildman–Crippen LogP) is 3.28. The van der Waals surface area contributed by atoms with E-state index < -0.39 is 5.97 Å². The highest BCUT2D eigenvalue weighted by atomic mass is 19.1. The van der Waals surface area contributed by atoms with Gasteiger partial charge < -0.3 is 5.11 Å². The lowest BCUT2D eigenvalue weighted by molar-refractivity contribution is -0.139. The number of benzene rings is 1. The fourth-order valence-corrected chi connectivity index (χ4v) is 3.80. The number of rotatable bonds is 2. The van der Waals surface area contributed by atoms with Gasteiger partial charge in [0.15, 0.2) is 0 Å². The van der Waals surface area contributed by atoms with Crippen molar-refractivity contribution in [3.8, 4) is 0 Å². The van der Waals surface area contributed by atoms with Crippen molar-refractivity contribution in [2.75, 3.05) is 0 Å². The zero-order chi connectivity index (χ0) is 12.8. The van der Waals surface area contributed by atoms with Gasteiger partial charge in [0.1, 0.15) is 5.82 Å². The topological polar surface area (TPSA) is 37.3 Å². The van der Waals surface area contributed by atoms with Crippen LogP contribution < -0.4 is 0 Å². The Morgan fingerprint density at radius 3 is 2.83 bits per heavy atom. The maximum absolute atomic E-state index is 13.5. The van der Waals surface area contributed by atoms with Gasteiger partial charge in [-0.1, -0.05) is 12.5 Å². The largest absolute Gasteiger partial charge is 0.481 e. The molecular formula is C15H17FO2. The van der Waals surface area contributed by atoms with E-state index in [9.17, 15) is 9.18 Å². The van der Waals surface area contributed by atoms with E-state index in [1.54, 1.807) is 6.07 Å². The van der Waals surface area contributed by atoms with Crippen LogP contribution in [0, 0.1) is 11.7 Å². The third kappa shape index (κ3) is 1.64. The summed E-state index contributed by atoms with van der Waals surface area (Å²) in [5.74, 6) is -0.750. The molecule has 1 spiro atoms. The number of aliphatic carboxylic acids is 1. The molecule has 0 amide bonds. The minimum atomic E-state index is -0.730. The SMILES string of the molecule is O=C(O)CC1CCc2ccc(F)cc2C12CCC2. The molecule has 3 rings (SSSR count). The summed E-state index contributed by atoms with van der Waals surface area (Å²) in [6.07, 6.45) is 5.19. The van der Waals surface area contributed by atoms with Gasteiger partial charge in [-0.2, -0.15) is 0 Å². The van der Waals surface area contributed by atoms with Crippen LogP contribution in [-0.4, -0.2) is 11.1 Å². The van der Waals surface area contributed by atoms with E-state index in [0.717, 1.165) is 37.7 Å². The van der Waals surface area contributed by atoms with Crippen molar-refractivity contribution in [2.24, 2.45) is 5.92 Å². The standard InChI is InChI=1S/C15H17FO2/c16-12-5-3-10-2-4-11(8-14(17)18)15(6-1-7-15)13(10)9-12/h3,5,9,11H,1-2,4,6-8H2,(H,17,18). The van der Waals surface area contributed by atoms with Crippen LogP contribution in [0.4, 0.5) is 4.39 Å². The van der Waals surface area contributed by atoms with E-state index in [1.165, 1.54) is 11.6 Å². The molecule has 1 unspecified atom stereocenters. The summed E-state index contributed by atoms with van der Waals surface area (Å²) in [6.45, 7) is 0. The van der Waals surface area contributed by atoms with Gasteiger partial charge in [-0.05, 0) is 60.3 Å². The zero-order valence-electron chi connectivity index (χ0n) is 10.3. The Balaban J connectivity index is 2.02. The van der Waals surface area contributed by atoms with Gasteiger partial charge in [-0.25, -0.2) is 4.39 Å². The molecule has 2 nitrogen and oxygen atoms in total. The quantitative estimate of drug-likeness (QED) is 0.872. The number of halogens is 1. The van der Waals surface area contributed by atoms with Crippen LogP contribution in [0.25, 0.3) is 0 Å². The first kappa shape index (κ1) is 11.7. The van der Waals surface area contributed by atoms with E-state index >= 15 is 0 Å². The molecule has 96 valence electrons. The lowest BCUT2D eigenvalue weighted by Gasteiger charge is -2.51. The lowest BCUT2D eigenvalue weighted by atomic mass is 9.52. The monoisotopic (exact) mass is 248 g/mol. The Morgan fingerprint density at radius 1 is 1.44 bits per heavy atom. The van der Waals surface area contributed by atoms with Crippen LogP contribution in [0.5, 0.6) is 0 Å². The van der Waals surface area contributed by atoms with Gasteiger partial charge in [-0.15, -0.1) is 0 Å². The van der Waals surface area contributed by atoms with Crippen LogP contribution in [-0.2, 0) is 16.6 Å². The second-order valence-electron chi connectivity index (χ2n) is 5.64. The number of carboxylic acid groups (broad SMARTS) is 1. The lowest BCUT2D eigenvalue weighted by Crippen LogP contribution is -2.46. The molecule has 1 aromatic carbocycles. The van der Waals surface area contributed by atoms with Crippen molar-refractivity contribution < 1.29 is 14.3 Å². The second kappa shape index (κ2) is 4.08. The first-order valence-electron chi connectivity index (χ1n) is 6.62. The van der Waals surface area contributed by atoms with Crippen molar-refractivity contribution >= 4 is 5.97 Å². The molecule has 18 heavy (non-hydrogen) atoms. The molecule has 1 atom stereocenters. The molecule has 3 heteroatoms. The molecule has 0 aliphatic heterocycles. The Morgan fingerprint density at radius 2 is 2.22 bits per heavy atom. The molecule has 2 aliphatic rings. The molecule has 0 bridgehead atoms. The van der Waals surface area contributed by atoms with Crippen molar-refractivity contribution in [1.29, 1.82) is 0 Å². The molecule has 2 aliphatic carbocycles. The first-order chi connectivity index (χ1) is 8.62. The maximum Gasteiger partial charge on any atom is 0.303 e. The summed E-state index contributed by atoms with van der Waals surface area (Å²) in [5, 5.41) is 9.05. The van der Waals surface area contributed by atoms with Crippen LogP contribution in [0.15, 0.2) is 18.2 Å². The Kier molecular flexibility index (Phi) is 2.65. The summed E-state index contributed by atoms with van der Waals surface area (Å²) in [6, 6.07) is 5.03. The zero-order valence-corrected chi connectivity index (χ0v) is 10.3. The first-order valence-corrected chi connectivity index (χ1v) is 6.62. The fourth-order valence-electron chi connectivity index (χ4n) is 3.80. The summed E-state index contributed by atoms with van der Waals surface area (Å²) >= 11 is 0. The van der Waals surface area contributed by atoms with Gasteiger partial charge in [0.05, 0.1) is 0 Å². The molecule has 0 heterocycles. The second-order valence-corrected chi connectivity index (χ2v) is 5.64. The van der Waals surface area contributed by atoms with E-state index in [-0.39, 0.29) is 23.6 Å². The highest BCUT2D eigenvalue weighted by molar-refractivity contribution is 5.67. The third-order valence-electron chi connectivity index (χ3n) is 4.82. The smallest absolute Gasteiger partial charge is 0.303 e. The maximum atomic E-state index is 13.5. The van der Waals surface area contributed by atoms with Crippen molar-refractivity contribution in [2.45, 2.75) is 43.9 Å². The summed E-state index contributed by atoms with van der Waals surface area (Å²) in [7, 11) is 0. The van der Waals surface area contributed by atoms with Crippen molar-refractivity contribution in [3.63, 3.8) is 0 Å². The minimum Gasteiger partial charge on any atom is -0.481 e. The van der Waals surface area contributed by atoms with Gasteiger partial charge >= 0.3 is 5.97 Å². The van der Waals surface area contributed by atoms with Gasteiger partial charge in [0.25, 0.3) is 0 Å². The molecule has 1 aromatic rings. The van der Waals surface area contributed by atoms with E-state index in [4.69, 9.17) is 5.11 Å². The van der Waals surface area contributed by atoms with Crippen LogP contribution in [0.3, 0.4) is 0 Å². The van der Waals surface area contributed by atoms with Gasteiger partial charge in [0.2, 0.25) is 0 Å². The number of carboxylic acids is 1. The summed E-state index contributed by atoms with van der Waals surface area (Å²) < 4.78 is 13.5. The van der Waals surface area contributed by atoms with E-state index in [2.05, 4.69) is 0 Å². The Bertz CT molecular complexity index is 491. The minimum absolute atomic E-state index is 0.0475. The molecule has 0 radical (unpaired) electrons. The molecular weight excluding hydrogens is 231 g/mol. The van der Waals surface area contributed by atoms with E-state index in [0.29, 0.717) is 0 Å². The fraction of sp³-hybridized carbons (Fsp3) is 0.533. The highest BCUT2D eigenvalue weighted by Crippen LogP contribution is 2.55. The van der Waals surface area contributed by atoms with Crippen LogP contribution in [0.1, 0.15) is 43.2 Å². The molecule has 1 N–H and O–H groups in total. The number of hydrogen-bond acceptors (Lipinski definition) is 1. The van der Waals surface area contributed by atoms with Crippen LogP contribution in [0.2, 0.25) is 0 Å². The molecule has 1 saturated carbocycles. The average Bonchev–Trinajstić information content (AvgIpc) is 2.25. The molecule has 0 saturated heterocycles. The number of hydrogen-bond donors (Lipinski definition) is 1. The molecule has 1 fully saturated rings. The average molecular weight is 248 g/mol. The highest BCUT2D eigenvalue weighted by Gasteiger charge is 2.48. The van der Waals surface area contributed by atoms with Gasteiger partial charge in [-0.3, -0.25) is 4.79 Å². The Labute approximate surface area is 106 Å². The summed E-state index contributed by atoms with van der Waals surface area (Å²) in [5.41, 5.74) is 2.26. The normalized spacial score (nSPS) is 24.4. The predicted molar refractivity (Wildman–Crippen MR) is 66.0 cm³/mol. The van der Waals surface area contributed by atoms with Crippen molar-refractivity contribution in [1.82, 2.24) is 0 Å². The summed E-state index contributed by atoms with van der Waals surface area (Å²) in [4.78, 5) is 11.0. The van der Waals surface area contributed by atoms with Crippen molar-refractivity contribution in [3.05, 3.63) is 35.1 Å². The number of carbonyl (C=O) groups is 1. The Hall–Kier alpha value is -1.38. The van der Waals surface area contributed by atoms with E-state index in [1.807, 2.05) is 6.07 Å². The number of aryl methyl sites for hydroxylation is 1.